The van der Waals surface area contributed by atoms with Crippen LogP contribution >= 0.6 is 11.6 Å². The summed E-state index contributed by atoms with van der Waals surface area (Å²) in [5.41, 5.74) is 1.29. The Morgan fingerprint density at radius 3 is 2.67 bits per heavy atom. The monoisotopic (exact) mass is 226 g/mol. The molecule has 0 N–H and O–H groups in total. The molecule has 0 saturated heterocycles. The van der Waals surface area contributed by atoms with Crippen LogP contribution in [0.25, 0.3) is 0 Å². The van der Waals surface area contributed by atoms with Gasteiger partial charge in [0.1, 0.15) is 5.75 Å². The van der Waals surface area contributed by atoms with Crippen LogP contribution in [0, 0.1) is 5.92 Å². The van der Waals surface area contributed by atoms with Crippen LogP contribution in [0.3, 0.4) is 0 Å². The number of benzene rings is 1. The molecule has 15 heavy (non-hydrogen) atoms. The molecule has 0 fully saturated rings. The zero-order valence-electron chi connectivity index (χ0n) is 9.72. The lowest BCUT2D eigenvalue weighted by atomic mass is 10.0. The van der Waals surface area contributed by atoms with E-state index in [9.17, 15) is 0 Å². The van der Waals surface area contributed by atoms with E-state index >= 15 is 0 Å². The van der Waals surface area contributed by atoms with Crippen molar-refractivity contribution in [1.29, 1.82) is 0 Å². The maximum absolute atomic E-state index is 6.04. The van der Waals surface area contributed by atoms with Crippen LogP contribution in [0.5, 0.6) is 5.75 Å². The van der Waals surface area contributed by atoms with Crippen molar-refractivity contribution in [2.75, 3.05) is 6.61 Å². The van der Waals surface area contributed by atoms with Crippen LogP contribution in [0.1, 0.15) is 32.8 Å². The summed E-state index contributed by atoms with van der Waals surface area (Å²) < 4.78 is 5.58. The molecule has 1 aromatic rings. The number of hydrogen-bond donors (Lipinski definition) is 0. The van der Waals surface area contributed by atoms with E-state index in [-0.39, 0.29) is 0 Å². The van der Waals surface area contributed by atoms with Crippen molar-refractivity contribution in [2.45, 2.75) is 33.6 Å². The molecule has 0 atom stereocenters. The van der Waals surface area contributed by atoms with Gasteiger partial charge in [-0.05, 0) is 36.5 Å². The lowest BCUT2D eigenvalue weighted by Gasteiger charge is -2.10. The van der Waals surface area contributed by atoms with E-state index in [1.807, 2.05) is 6.07 Å². The van der Waals surface area contributed by atoms with E-state index in [1.165, 1.54) is 5.56 Å². The maximum atomic E-state index is 6.04. The highest BCUT2D eigenvalue weighted by atomic mass is 35.5. The molecule has 0 aliphatic heterocycles. The van der Waals surface area contributed by atoms with Crippen molar-refractivity contribution in [2.24, 2.45) is 5.92 Å². The second-order valence-corrected chi connectivity index (χ2v) is 4.62. The van der Waals surface area contributed by atoms with Gasteiger partial charge in [-0.25, -0.2) is 0 Å². The molecule has 0 aliphatic carbocycles. The van der Waals surface area contributed by atoms with Crippen LogP contribution in [0.2, 0.25) is 5.02 Å². The molecule has 1 nitrogen and oxygen atoms in total. The zero-order valence-corrected chi connectivity index (χ0v) is 10.5. The Bertz CT molecular complexity index is 307. The van der Waals surface area contributed by atoms with Crippen molar-refractivity contribution in [1.82, 2.24) is 0 Å². The highest BCUT2D eigenvalue weighted by Gasteiger charge is 2.04. The molecule has 2 heteroatoms. The molecule has 0 saturated carbocycles. The largest absolute Gasteiger partial charge is 0.492 e. The fourth-order valence-electron chi connectivity index (χ4n) is 1.47. The molecule has 0 heterocycles. The average Bonchev–Trinajstić information content (AvgIpc) is 2.18. The Hall–Kier alpha value is -0.690. The number of halogens is 1. The van der Waals surface area contributed by atoms with Gasteiger partial charge in [-0.15, -0.1) is 0 Å². The van der Waals surface area contributed by atoms with Crippen LogP contribution < -0.4 is 4.74 Å². The van der Waals surface area contributed by atoms with Gasteiger partial charge in [0.15, 0.2) is 0 Å². The van der Waals surface area contributed by atoms with E-state index in [0.29, 0.717) is 10.9 Å². The molecule has 0 radical (unpaired) electrons. The van der Waals surface area contributed by atoms with Crippen LogP contribution in [0.4, 0.5) is 0 Å². The first kappa shape index (κ1) is 12.4. The number of rotatable bonds is 5. The topological polar surface area (TPSA) is 9.23 Å². The second-order valence-electron chi connectivity index (χ2n) is 4.21. The molecule has 0 amide bonds. The van der Waals surface area contributed by atoms with E-state index < -0.39 is 0 Å². The van der Waals surface area contributed by atoms with E-state index in [1.54, 1.807) is 0 Å². The van der Waals surface area contributed by atoms with Crippen LogP contribution in [-0.4, -0.2) is 6.61 Å². The summed E-state index contributed by atoms with van der Waals surface area (Å²) in [5, 5.41) is 0.705. The minimum atomic E-state index is 0.658. The molecule has 84 valence electrons. The predicted octanol–water partition coefficient (Wildman–Crippen LogP) is 4.33. The lowest BCUT2D eigenvalue weighted by Crippen LogP contribution is -1.98. The highest BCUT2D eigenvalue weighted by molar-refractivity contribution is 6.32. The van der Waals surface area contributed by atoms with Gasteiger partial charge >= 0.3 is 0 Å². The fraction of sp³-hybridized carbons (Fsp3) is 0.538. The Kier molecular flexibility index (Phi) is 4.97. The molecule has 0 aliphatic rings. The van der Waals surface area contributed by atoms with Gasteiger partial charge in [0.2, 0.25) is 0 Å². The minimum absolute atomic E-state index is 0.658. The Morgan fingerprint density at radius 1 is 1.33 bits per heavy atom. The third kappa shape index (κ3) is 4.13. The summed E-state index contributed by atoms with van der Waals surface area (Å²) in [4.78, 5) is 0. The van der Waals surface area contributed by atoms with Gasteiger partial charge < -0.3 is 4.74 Å². The first-order chi connectivity index (χ1) is 7.13. The van der Waals surface area contributed by atoms with Gasteiger partial charge in [-0.3, -0.25) is 0 Å². The van der Waals surface area contributed by atoms with Gasteiger partial charge in [0.05, 0.1) is 11.6 Å². The predicted molar refractivity (Wildman–Crippen MR) is 65.8 cm³/mol. The summed E-state index contributed by atoms with van der Waals surface area (Å²) in [7, 11) is 0. The van der Waals surface area contributed by atoms with E-state index in [0.717, 1.165) is 25.2 Å². The lowest BCUT2D eigenvalue weighted by molar-refractivity contribution is 0.317. The number of ether oxygens (including phenoxy) is 1. The maximum Gasteiger partial charge on any atom is 0.138 e. The van der Waals surface area contributed by atoms with E-state index in [2.05, 4.69) is 32.9 Å². The standard InChI is InChI=1S/C13H19ClO/c1-4-7-15-13-9-11(8-10(2)3)5-6-12(13)14/h5-6,9-10H,4,7-8H2,1-3H3. The molecule has 1 aromatic carbocycles. The number of hydrogen-bond acceptors (Lipinski definition) is 1. The van der Waals surface area contributed by atoms with Crippen LogP contribution in [0.15, 0.2) is 18.2 Å². The summed E-state index contributed by atoms with van der Waals surface area (Å²) in [6.07, 6.45) is 2.07. The zero-order chi connectivity index (χ0) is 11.3. The highest BCUT2D eigenvalue weighted by Crippen LogP contribution is 2.26. The van der Waals surface area contributed by atoms with Gasteiger partial charge in [0.25, 0.3) is 0 Å². The average molecular weight is 227 g/mol. The minimum Gasteiger partial charge on any atom is -0.492 e. The molecule has 0 unspecified atom stereocenters. The quantitative estimate of drug-likeness (QED) is 0.726. The molecular weight excluding hydrogens is 208 g/mol. The van der Waals surface area contributed by atoms with Crippen molar-refractivity contribution in [3.63, 3.8) is 0 Å². The van der Waals surface area contributed by atoms with Gasteiger partial charge in [-0.1, -0.05) is 38.4 Å². The molecule has 0 bridgehead atoms. The van der Waals surface area contributed by atoms with E-state index in [4.69, 9.17) is 16.3 Å². The normalized spacial score (nSPS) is 10.7. The Balaban J connectivity index is 2.75. The third-order valence-corrected chi connectivity index (χ3v) is 2.41. The molecule has 1 rings (SSSR count). The second kappa shape index (κ2) is 6.02. The SMILES string of the molecule is CCCOc1cc(CC(C)C)ccc1Cl. The van der Waals surface area contributed by atoms with Crippen molar-refractivity contribution in [3.05, 3.63) is 28.8 Å². The smallest absolute Gasteiger partial charge is 0.138 e. The molecule has 0 spiro atoms. The molecule has 0 aromatic heterocycles. The van der Waals surface area contributed by atoms with Gasteiger partial charge in [-0.2, -0.15) is 0 Å². The molecular formula is C13H19ClO. The van der Waals surface area contributed by atoms with Crippen molar-refractivity contribution in [3.8, 4) is 5.75 Å². The first-order valence-electron chi connectivity index (χ1n) is 5.54. The first-order valence-corrected chi connectivity index (χ1v) is 5.92. The van der Waals surface area contributed by atoms with Crippen molar-refractivity contribution >= 4 is 11.6 Å². The van der Waals surface area contributed by atoms with Crippen LogP contribution in [-0.2, 0) is 6.42 Å². The fourth-order valence-corrected chi connectivity index (χ4v) is 1.64. The summed E-state index contributed by atoms with van der Waals surface area (Å²) >= 11 is 6.04. The summed E-state index contributed by atoms with van der Waals surface area (Å²) in [6, 6.07) is 6.05. The third-order valence-electron chi connectivity index (χ3n) is 2.10. The Morgan fingerprint density at radius 2 is 2.07 bits per heavy atom. The van der Waals surface area contributed by atoms with Crippen molar-refractivity contribution < 1.29 is 4.74 Å². The Labute approximate surface area is 97.4 Å². The summed E-state index contributed by atoms with van der Waals surface area (Å²) in [5.74, 6) is 1.47. The van der Waals surface area contributed by atoms with Gasteiger partial charge in [0, 0.05) is 0 Å². The summed E-state index contributed by atoms with van der Waals surface area (Å²) in [6.45, 7) is 7.24.